The molecule has 0 radical (unpaired) electrons. The molecule has 0 bridgehead atoms. The van der Waals surface area contributed by atoms with E-state index in [1.54, 1.807) is 0 Å². The lowest BCUT2D eigenvalue weighted by Gasteiger charge is -2.37. The number of halogens is 3. The molecule has 0 aliphatic carbocycles. The number of aromatic nitrogens is 6. The molecular formula is C21H27F3N10O. The number of alkyl halides is 3. The lowest BCUT2D eigenvalue weighted by Crippen LogP contribution is -2.55. The van der Waals surface area contributed by atoms with Crippen molar-refractivity contribution in [1.82, 2.24) is 34.8 Å². The summed E-state index contributed by atoms with van der Waals surface area (Å²) < 4.78 is 48.0. The Morgan fingerprint density at radius 3 is 2.31 bits per heavy atom. The van der Waals surface area contributed by atoms with Crippen LogP contribution < -0.4 is 20.9 Å². The Balaban J connectivity index is 1.72. The highest BCUT2D eigenvalue weighted by atomic mass is 19.4. The standard InChI is InChI=1S/C21H27F3N10O/c1-12-9-33(10-13(2)28-12)20-29-15-17(32-3-5-35-6-4-32)30-16(14-7-26-19(25)27-8-14)31-18(15)34(20)11-21(22,23)24/h7-8,12-13,28H,3-6,9-11H2,1-2H3,(H2,25,26,27). The van der Waals surface area contributed by atoms with E-state index < -0.39 is 12.7 Å². The number of morpholine rings is 1. The molecule has 2 saturated heterocycles. The van der Waals surface area contributed by atoms with Crippen LogP contribution in [0.2, 0.25) is 0 Å². The van der Waals surface area contributed by atoms with E-state index >= 15 is 0 Å². The zero-order valence-electron chi connectivity index (χ0n) is 19.5. The number of nitrogens with one attached hydrogen (secondary N) is 1. The summed E-state index contributed by atoms with van der Waals surface area (Å²) in [5.41, 5.74) is 6.49. The summed E-state index contributed by atoms with van der Waals surface area (Å²) in [6, 6.07) is 0.176. The van der Waals surface area contributed by atoms with E-state index in [1.807, 2.05) is 23.6 Å². The van der Waals surface area contributed by atoms with E-state index in [1.165, 1.54) is 12.4 Å². The van der Waals surface area contributed by atoms with Crippen LogP contribution >= 0.6 is 0 Å². The number of nitrogen functional groups attached to an aromatic ring is 1. The zero-order valence-corrected chi connectivity index (χ0v) is 19.5. The van der Waals surface area contributed by atoms with Crippen molar-refractivity contribution in [1.29, 1.82) is 0 Å². The van der Waals surface area contributed by atoms with Crippen molar-refractivity contribution in [2.24, 2.45) is 0 Å². The van der Waals surface area contributed by atoms with Crippen LogP contribution in [0.25, 0.3) is 22.6 Å². The number of nitrogens with zero attached hydrogens (tertiary/aromatic N) is 8. The number of fused-ring (bicyclic) bond motifs is 1. The molecule has 5 rings (SSSR count). The zero-order chi connectivity index (χ0) is 24.7. The largest absolute Gasteiger partial charge is 0.406 e. The maximum absolute atomic E-state index is 13.8. The fourth-order valence-corrected chi connectivity index (χ4v) is 4.61. The normalized spacial score (nSPS) is 21.6. The molecule has 3 aromatic heterocycles. The molecule has 2 unspecified atom stereocenters. The third kappa shape index (κ3) is 4.93. The van der Waals surface area contributed by atoms with E-state index in [0.717, 1.165) is 4.57 Å². The summed E-state index contributed by atoms with van der Waals surface area (Å²) >= 11 is 0. The van der Waals surface area contributed by atoms with Gasteiger partial charge in [0.05, 0.1) is 18.8 Å². The van der Waals surface area contributed by atoms with Gasteiger partial charge in [-0.05, 0) is 13.8 Å². The first-order valence-electron chi connectivity index (χ1n) is 11.4. The first-order chi connectivity index (χ1) is 16.7. The van der Waals surface area contributed by atoms with Crippen molar-refractivity contribution in [3.05, 3.63) is 12.4 Å². The van der Waals surface area contributed by atoms with Gasteiger partial charge in [0.2, 0.25) is 11.9 Å². The average molecular weight is 493 g/mol. The van der Waals surface area contributed by atoms with E-state index in [2.05, 4.69) is 20.3 Å². The highest BCUT2D eigenvalue weighted by molar-refractivity contribution is 5.88. The summed E-state index contributed by atoms with van der Waals surface area (Å²) in [6.45, 7) is 5.84. The van der Waals surface area contributed by atoms with Gasteiger partial charge in [0.15, 0.2) is 22.8 Å². The van der Waals surface area contributed by atoms with Crippen molar-refractivity contribution < 1.29 is 17.9 Å². The first kappa shape index (κ1) is 23.5. The molecule has 188 valence electrons. The van der Waals surface area contributed by atoms with Crippen LogP contribution in [0.4, 0.5) is 30.9 Å². The van der Waals surface area contributed by atoms with Crippen LogP contribution in [0.5, 0.6) is 0 Å². The van der Waals surface area contributed by atoms with E-state index in [4.69, 9.17) is 20.4 Å². The Hall–Kier alpha value is -3.26. The molecule has 35 heavy (non-hydrogen) atoms. The fourth-order valence-electron chi connectivity index (χ4n) is 4.61. The SMILES string of the molecule is CC1CN(c2nc3c(N4CCOCC4)nc(-c4cnc(N)nc4)nc3n2CC(F)(F)F)CC(C)N1. The minimum atomic E-state index is -4.47. The summed E-state index contributed by atoms with van der Waals surface area (Å²) in [7, 11) is 0. The molecule has 3 N–H and O–H groups in total. The molecule has 0 aromatic carbocycles. The molecule has 11 nitrogen and oxygen atoms in total. The topological polar surface area (TPSA) is 123 Å². The Bertz CT molecular complexity index is 1180. The van der Waals surface area contributed by atoms with Crippen molar-refractivity contribution in [2.75, 3.05) is 54.9 Å². The molecule has 2 aliphatic heterocycles. The van der Waals surface area contributed by atoms with Crippen LogP contribution in [0.1, 0.15) is 13.8 Å². The smallest absolute Gasteiger partial charge is 0.378 e. The average Bonchev–Trinajstić information content (AvgIpc) is 3.16. The molecule has 2 atom stereocenters. The Morgan fingerprint density at radius 1 is 1.03 bits per heavy atom. The maximum atomic E-state index is 13.8. The van der Waals surface area contributed by atoms with Crippen molar-refractivity contribution >= 4 is 28.9 Å². The predicted octanol–water partition coefficient (Wildman–Crippen LogP) is 1.45. The maximum Gasteiger partial charge on any atom is 0.406 e. The van der Waals surface area contributed by atoms with Gasteiger partial charge in [0.25, 0.3) is 0 Å². The summed E-state index contributed by atoms with van der Waals surface area (Å²) in [5, 5.41) is 3.40. The van der Waals surface area contributed by atoms with Crippen LogP contribution in [0.15, 0.2) is 12.4 Å². The Labute approximate surface area is 199 Å². The van der Waals surface area contributed by atoms with Gasteiger partial charge in [-0.2, -0.15) is 13.2 Å². The fraction of sp³-hybridized carbons (Fsp3) is 0.571. The quantitative estimate of drug-likeness (QED) is 0.553. The molecule has 0 spiro atoms. The monoisotopic (exact) mass is 492 g/mol. The number of nitrogens with two attached hydrogens (primary N) is 1. The molecule has 14 heteroatoms. The summed E-state index contributed by atoms with van der Waals surface area (Å²) in [5.74, 6) is 0.973. The molecular weight excluding hydrogens is 465 g/mol. The van der Waals surface area contributed by atoms with Crippen LogP contribution in [-0.2, 0) is 11.3 Å². The molecule has 5 heterocycles. The van der Waals surface area contributed by atoms with Gasteiger partial charge < -0.3 is 25.6 Å². The van der Waals surface area contributed by atoms with Gasteiger partial charge in [-0.3, -0.25) is 4.57 Å². The first-order valence-corrected chi connectivity index (χ1v) is 11.4. The molecule has 2 fully saturated rings. The minimum absolute atomic E-state index is 0.0783. The second-order valence-electron chi connectivity index (χ2n) is 8.96. The number of anilines is 3. The molecule has 2 aliphatic rings. The van der Waals surface area contributed by atoms with E-state index in [0.29, 0.717) is 56.3 Å². The lowest BCUT2D eigenvalue weighted by atomic mass is 10.1. The molecule has 0 amide bonds. The highest BCUT2D eigenvalue weighted by Crippen LogP contribution is 2.33. The second-order valence-corrected chi connectivity index (χ2v) is 8.96. The van der Waals surface area contributed by atoms with Crippen LogP contribution in [-0.4, -0.2) is 87.1 Å². The van der Waals surface area contributed by atoms with Crippen molar-refractivity contribution in [3.63, 3.8) is 0 Å². The van der Waals surface area contributed by atoms with Crippen LogP contribution in [0.3, 0.4) is 0 Å². The third-order valence-corrected chi connectivity index (χ3v) is 5.97. The number of rotatable bonds is 4. The number of hydrogen-bond acceptors (Lipinski definition) is 10. The summed E-state index contributed by atoms with van der Waals surface area (Å²) in [4.78, 5) is 25.8. The van der Waals surface area contributed by atoms with Gasteiger partial charge in [-0.25, -0.2) is 24.9 Å². The molecule has 0 saturated carbocycles. The van der Waals surface area contributed by atoms with E-state index in [-0.39, 0.29) is 35.5 Å². The lowest BCUT2D eigenvalue weighted by molar-refractivity contribution is -0.139. The number of hydrogen-bond donors (Lipinski definition) is 2. The van der Waals surface area contributed by atoms with E-state index in [9.17, 15) is 13.2 Å². The minimum Gasteiger partial charge on any atom is -0.378 e. The van der Waals surface area contributed by atoms with Gasteiger partial charge in [0.1, 0.15) is 6.54 Å². The second kappa shape index (κ2) is 9.07. The van der Waals surface area contributed by atoms with Crippen molar-refractivity contribution in [2.45, 2.75) is 38.7 Å². The Morgan fingerprint density at radius 2 is 1.69 bits per heavy atom. The summed E-state index contributed by atoms with van der Waals surface area (Å²) in [6.07, 6.45) is -1.56. The van der Waals surface area contributed by atoms with Gasteiger partial charge >= 0.3 is 6.18 Å². The predicted molar refractivity (Wildman–Crippen MR) is 124 cm³/mol. The van der Waals surface area contributed by atoms with Gasteiger partial charge in [-0.15, -0.1) is 0 Å². The number of imidazole rings is 1. The van der Waals surface area contributed by atoms with Crippen molar-refractivity contribution in [3.8, 4) is 11.4 Å². The molecule has 3 aromatic rings. The van der Waals surface area contributed by atoms with Crippen LogP contribution in [0, 0.1) is 0 Å². The number of piperazine rings is 1. The highest BCUT2D eigenvalue weighted by Gasteiger charge is 2.35. The third-order valence-electron chi connectivity index (χ3n) is 5.97. The Kier molecular flexibility index (Phi) is 6.09. The van der Waals surface area contributed by atoms with Gasteiger partial charge in [0, 0.05) is 50.7 Å². The number of ether oxygens (including phenoxy) is 1. The van der Waals surface area contributed by atoms with Gasteiger partial charge in [-0.1, -0.05) is 0 Å².